The lowest BCUT2D eigenvalue weighted by molar-refractivity contribution is -0.117. The van der Waals surface area contributed by atoms with Crippen molar-refractivity contribution < 1.29 is 4.79 Å². The molecule has 2 aromatic rings. The average molecular weight is 295 g/mol. The van der Waals surface area contributed by atoms with Crippen LogP contribution >= 0.6 is 0 Å². The molecule has 114 valence electrons. The van der Waals surface area contributed by atoms with Crippen molar-refractivity contribution in [2.75, 3.05) is 5.32 Å². The van der Waals surface area contributed by atoms with Gasteiger partial charge < -0.3 is 9.88 Å². The van der Waals surface area contributed by atoms with Gasteiger partial charge in [0.15, 0.2) is 0 Å². The first-order valence-electron chi connectivity index (χ1n) is 8.18. The number of aryl methyl sites for hydroxylation is 2. The number of carbonyl (C=O) groups is 1. The number of amides is 1. The molecule has 1 saturated carbocycles. The fraction of sp³-hybridized carbons (Fsp3) is 0.444. The first kappa shape index (κ1) is 13.6. The molecule has 2 heterocycles. The summed E-state index contributed by atoms with van der Waals surface area (Å²) in [7, 11) is 0. The van der Waals surface area contributed by atoms with Crippen LogP contribution in [0.3, 0.4) is 0 Å². The minimum Gasteiger partial charge on any atom is -0.334 e. The highest BCUT2D eigenvalue weighted by Gasteiger charge is 2.39. The predicted molar refractivity (Wildman–Crippen MR) is 86.5 cm³/mol. The number of aromatic nitrogens is 2. The zero-order chi connectivity index (χ0) is 15.1. The Labute approximate surface area is 130 Å². The maximum atomic E-state index is 12.1. The third kappa shape index (κ3) is 2.54. The molecule has 4 nitrogen and oxygen atoms in total. The Morgan fingerprint density at radius 2 is 2.23 bits per heavy atom. The zero-order valence-electron chi connectivity index (χ0n) is 12.9. The molecule has 1 fully saturated rings. The fourth-order valence-corrected chi connectivity index (χ4v) is 3.23. The molecule has 2 atom stereocenters. The summed E-state index contributed by atoms with van der Waals surface area (Å²) in [5, 5.41) is 3.03. The number of carbonyl (C=O) groups excluding carboxylic acids is 1. The highest BCUT2D eigenvalue weighted by atomic mass is 16.2. The molecule has 0 spiro atoms. The molecule has 22 heavy (non-hydrogen) atoms. The topological polar surface area (TPSA) is 46.9 Å². The monoisotopic (exact) mass is 295 g/mol. The summed E-state index contributed by atoms with van der Waals surface area (Å²) < 4.78 is 2.26. The van der Waals surface area contributed by atoms with Crippen LogP contribution in [0.2, 0.25) is 0 Å². The third-order valence-electron chi connectivity index (χ3n) is 4.78. The second kappa shape index (κ2) is 5.27. The minimum absolute atomic E-state index is 0.147. The van der Waals surface area contributed by atoms with E-state index in [1.165, 1.54) is 18.7 Å². The molecule has 1 aromatic heterocycles. The Balaban J connectivity index is 1.56. The van der Waals surface area contributed by atoms with E-state index in [1.54, 1.807) is 0 Å². The van der Waals surface area contributed by atoms with E-state index in [9.17, 15) is 4.79 Å². The summed E-state index contributed by atoms with van der Waals surface area (Å²) in [5.74, 6) is 2.06. The largest absolute Gasteiger partial charge is 0.334 e. The Bertz CT molecular complexity index is 695. The van der Waals surface area contributed by atoms with E-state index >= 15 is 0 Å². The maximum absolute atomic E-state index is 12.1. The Kier molecular flexibility index (Phi) is 3.25. The van der Waals surface area contributed by atoms with Crippen LogP contribution in [0, 0.1) is 11.8 Å². The predicted octanol–water partition coefficient (Wildman–Crippen LogP) is 3.48. The first-order chi connectivity index (χ1) is 10.7. The molecule has 4 rings (SSSR count). The van der Waals surface area contributed by atoms with Gasteiger partial charge in [0.05, 0.1) is 5.69 Å². The fourth-order valence-electron chi connectivity index (χ4n) is 3.23. The van der Waals surface area contributed by atoms with Crippen LogP contribution in [0.25, 0.3) is 11.3 Å². The van der Waals surface area contributed by atoms with E-state index in [0.29, 0.717) is 5.92 Å². The van der Waals surface area contributed by atoms with Crippen LogP contribution in [-0.2, 0) is 17.8 Å². The SMILES string of the molecule is C[C@H]1C[C@@H]1C(=O)Nc1cccc(-c2cn3c(n2)CCCC3)c1. The van der Waals surface area contributed by atoms with Gasteiger partial charge in [0, 0.05) is 36.3 Å². The number of nitrogens with zero attached hydrogens (tertiary/aromatic N) is 2. The van der Waals surface area contributed by atoms with Gasteiger partial charge in [0.25, 0.3) is 0 Å². The van der Waals surface area contributed by atoms with Crippen LogP contribution in [0.1, 0.15) is 32.0 Å². The number of benzene rings is 1. The lowest BCUT2D eigenvalue weighted by Gasteiger charge is -2.11. The Morgan fingerprint density at radius 1 is 1.36 bits per heavy atom. The summed E-state index contributed by atoms with van der Waals surface area (Å²) in [6.45, 7) is 3.19. The van der Waals surface area contributed by atoms with Crippen LogP contribution in [0.15, 0.2) is 30.5 Å². The molecule has 1 aliphatic heterocycles. The highest BCUT2D eigenvalue weighted by Crippen LogP contribution is 2.38. The normalized spacial score (nSPS) is 23.0. The second-order valence-electron chi connectivity index (χ2n) is 6.58. The van der Waals surface area contributed by atoms with Crippen LogP contribution < -0.4 is 5.32 Å². The van der Waals surface area contributed by atoms with E-state index in [0.717, 1.165) is 36.3 Å². The molecule has 0 radical (unpaired) electrons. The van der Waals surface area contributed by atoms with Gasteiger partial charge in [-0.1, -0.05) is 19.1 Å². The van der Waals surface area contributed by atoms with Gasteiger partial charge >= 0.3 is 0 Å². The van der Waals surface area contributed by atoms with Crippen molar-refractivity contribution in [1.29, 1.82) is 0 Å². The first-order valence-corrected chi connectivity index (χ1v) is 8.18. The summed E-state index contributed by atoms with van der Waals surface area (Å²) >= 11 is 0. The summed E-state index contributed by atoms with van der Waals surface area (Å²) in [6, 6.07) is 8.02. The van der Waals surface area contributed by atoms with Gasteiger partial charge in [-0.15, -0.1) is 0 Å². The van der Waals surface area contributed by atoms with Gasteiger partial charge in [0.1, 0.15) is 5.82 Å². The van der Waals surface area contributed by atoms with E-state index in [1.807, 2.05) is 18.2 Å². The lowest BCUT2D eigenvalue weighted by Crippen LogP contribution is -2.14. The van der Waals surface area contributed by atoms with Gasteiger partial charge in [-0.05, 0) is 37.3 Å². The summed E-state index contributed by atoms with van der Waals surface area (Å²) in [6.07, 6.45) is 6.68. The number of nitrogens with one attached hydrogen (secondary N) is 1. The average Bonchev–Trinajstić information content (AvgIpc) is 3.11. The molecule has 1 aromatic carbocycles. The minimum atomic E-state index is 0.147. The smallest absolute Gasteiger partial charge is 0.227 e. The zero-order valence-corrected chi connectivity index (χ0v) is 12.9. The van der Waals surface area contributed by atoms with Crippen molar-refractivity contribution in [2.24, 2.45) is 11.8 Å². The molecule has 0 unspecified atom stereocenters. The van der Waals surface area contributed by atoms with Crippen molar-refractivity contribution in [2.45, 2.75) is 39.2 Å². The summed E-state index contributed by atoms with van der Waals surface area (Å²) in [5.41, 5.74) is 2.95. The van der Waals surface area contributed by atoms with E-state index in [-0.39, 0.29) is 11.8 Å². The molecule has 1 N–H and O–H groups in total. The molecule has 0 bridgehead atoms. The highest BCUT2D eigenvalue weighted by molar-refractivity contribution is 5.94. The molecule has 2 aliphatic rings. The van der Waals surface area contributed by atoms with E-state index in [4.69, 9.17) is 4.98 Å². The van der Waals surface area contributed by atoms with E-state index in [2.05, 4.69) is 29.1 Å². The number of anilines is 1. The maximum Gasteiger partial charge on any atom is 0.227 e. The lowest BCUT2D eigenvalue weighted by atomic mass is 10.1. The van der Waals surface area contributed by atoms with Crippen LogP contribution in [-0.4, -0.2) is 15.5 Å². The summed E-state index contributed by atoms with van der Waals surface area (Å²) in [4.78, 5) is 16.8. The van der Waals surface area contributed by atoms with Gasteiger partial charge in [-0.2, -0.15) is 0 Å². The van der Waals surface area contributed by atoms with Gasteiger partial charge in [-0.25, -0.2) is 4.98 Å². The number of fused-ring (bicyclic) bond motifs is 1. The van der Waals surface area contributed by atoms with Gasteiger partial charge in [-0.3, -0.25) is 4.79 Å². The molecule has 4 heteroatoms. The standard InChI is InChI=1S/C18H21N3O/c1-12-9-15(12)18(22)19-14-6-4-5-13(10-14)16-11-21-8-3-2-7-17(21)20-16/h4-6,10-12,15H,2-3,7-9H2,1H3,(H,19,22)/t12-,15-/m0/s1. The third-order valence-corrected chi connectivity index (χ3v) is 4.78. The van der Waals surface area contributed by atoms with Crippen molar-refractivity contribution in [1.82, 2.24) is 9.55 Å². The number of imidazole rings is 1. The van der Waals surface area contributed by atoms with Gasteiger partial charge in [0.2, 0.25) is 5.91 Å². The number of hydrogen-bond donors (Lipinski definition) is 1. The Hall–Kier alpha value is -2.10. The Morgan fingerprint density at radius 3 is 3.00 bits per heavy atom. The molecular formula is C18H21N3O. The van der Waals surface area contributed by atoms with Crippen molar-refractivity contribution in [3.8, 4) is 11.3 Å². The number of rotatable bonds is 3. The van der Waals surface area contributed by atoms with Crippen LogP contribution in [0.5, 0.6) is 0 Å². The molecule has 1 amide bonds. The number of hydrogen-bond acceptors (Lipinski definition) is 2. The van der Waals surface area contributed by atoms with Crippen molar-refractivity contribution >= 4 is 11.6 Å². The molecule has 1 aliphatic carbocycles. The molecular weight excluding hydrogens is 274 g/mol. The quantitative estimate of drug-likeness (QED) is 0.942. The second-order valence-corrected chi connectivity index (χ2v) is 6.58. The van der Waals surface area contributed by atoms with Crippen molar-refractivity contribution in [3.63, 3.8) is 0 Å². The van der Waals surface area contributed by atoms with Crippen molar-refractivity contribution in [3.05, 3.63) is 36.3 Å². The molecule has 0 saturated heterocycles. The van der Waals surface area contributed by atoms with E-state index < -0.39 is 0 Å². The van der Waals surface area contributed by atoms with Crippen LogP contribution in [0.4, 0.5) is 5.69 Å².